The number of carboxylic acids is 1. The number of amides is 1. The zero-order valence-corrected chi connectivity index (χ0v) is 10.00. The summed E-state index contributed by atoms with van der Waals surface area (Å²) in [7, 11) is 0. The number of benzene rings is 1. The fourth-order valence-electron chi connectivity index (χ4n) is 1.08. The molecule has 0 atom stereocenters. The highest BCUT2D eigenvalue weighted by Gasteiger charge is 2.06. The Morgan fingerprint density at radius 2 is 1.81 bits per heavy atom. The standard InChI is InChI=1S/C10H11NO3.C2H6/c1-6-3-4-8(10(13)14)5-9(6)11-7(2)12;1-2/h3-5H,1-2H3,(H,11,12)(H,13,14);1-2H3. The number of rotatable bonds is 2. The van der Waals surface area contributed by atoms with Crippen molar-refractivity contribution in [1.82, 2.24) is 0 Å². The highest BCUT2D eigenvalue weighted by molar-refractivity contribution is 5.93. The first-order chi connectivity index (χ1) is 7.50. The van der Waals surface area contributed by atoms with Crippen LogP contribution in [-0.2, 0) is 4.79 Å². The molecule has 2 N–H and O–H groups in total. The number of hydrogen-bond donors (Lipinski definition) is 2. The van der Waals surface area contributed by atoms with Crippen molar-refractivity contribution < 1.29 is 14.7 Å². The molecule has 0 saturated carbocycles. The molecule has 0 fully saturated rings. The second-order valence-electron chi connectivity index (χ2n) is 3.02. The summed E-state index contributed by atoms with van der Waals surface area (Å²) in [5.74, 6) is -1.22. The van der Waals surface area contributed by atoms with Gasteiger partial charge >= 0.3 is 5.97 Å². The van der Waals surface area contributed by atoms with Crippen LogP contribution in [0.3, 0.4) is 0 Å². The van der Waals surface area contributed by atoms with Gasteiger partial charge in [-0.1, -0.05) is 19.9 Å². The Labute approximate surface area is 95.3 Å². The lowest BCUT2D eigenvalue weighted by Gasteiger charge is -2.06. The van der Waals surface area contributed by atoms with Crippen LogP contribution in [0.2, 0.25) is 0 Å². The molecule has 1 aromatic rings. The summed E-state index contributed by atoms with van der Waals surface area (Å²) in [6.45, 7) is 7.18. The molecule has 88 valence electrons. The van der Waals surface area contributed by atoms with Crippen molar-refractivity contribution in [2.75, 3.05) is 5.32 Å². The van der Waals surface area contributed by atoms with Gasteiger partial charge in [0.25, 0.3) is 0 Å². The zero-order valence-electron chi connectivity index (χ0n) is 10.00. The summed E-state index contributed by atoms with van der Waals surface area (Å²) in [5, 5.41) is 11.3. The fourth-order valence-corrected chi connectivity index (χ4v) is 1.08. The third-order valence-electron chi connectivity index (χ3n) is 1.80. The van der Waals surface area contributed by atoms with E-state index in [0.29, 0.717) is 5.69 Å². The first-order valence-electron chi connectivity index (χ1n) is 5.12. The Morgan fingerprint density at radius 3 is 2.25 bits per heavy atom. The minimum absolute atomic E-state index is 0.166. The topological polar surface area (TPSA) is 66.4 Å². The molecule has 4 heteroatoms. The summed E-state index contributed by atoms with van der Waals surface area (Å²) in [6, 6.07) is 4.61. The largest absolute Gasteiger partial charge is 0.478 e. The van der Waals surface area contributed by atoms with E-state index in [-0.39, 0.29) is 11.5 Å². The number of carbonyl (C=O) groups excluding carboxylic acids is 1. The van der Waals surface area contributed by atoms with Gasteiger partial charge in [0.05, 0.1) is 5.56 Å². The third-order valence-corrected chi connectivity index (χ3v) is 1.80. The summed E-state index contributed by atoms with van der Waals surface area (Å²) in [6.07, 6.45) is 0. The van der Waals surface area contributed by atoms with Gasteiger partial charge in [0.2, 0.25) is 5.91 Å². The van der Waals surface area contributed by atoms with Crippen LogP contribution in [0.4, 0.5) is 5.69 Å². The highest BCUT2D eigenvalue weighted by atomic mass is 16.4. The maximum absolute atomic E-state index is 10.8. The smallest absolute Gasteiger partial charge is 0.335 e. The normalized spacial score (nSPS) is 8.75. The highest BCUT2D eigenvalue weighted by Crippen LogP contribution is 2.16. The molecule has 0 heterocycles. The van der Waals surface area contributed by atoms with Crippen LogP contribution < -0.4 is 5.32 Å². The number of nitrogens with one attached hydrogen (secondary N) is 1. The Hall–Kier alpha value is -1.84. The molecular weight excluding hydrogens is 206 g/mol. The molecule has 1 aromatic carbocycles. The Balaban J connectivity index is 0.00000106. The fraction of sp³-hybridized carbons (Fsp3) is 0.333. The van der Waals surface area contributed by atoms with Crippen LogP contribution in [0.15, 0.2) is 18.2 Å². The van der Waals surface area contributed by atoms with Crippen molar-refractivity contribution in [3.05, 3.63) is 29.3 Å². The summed E-state index contributed by atoms with van der Waals surface area (Å²) in [4.78, 5) is 21.4. The van der Waals surface area contributed by atoms with Crippen molar-refractivity contribution >= 4 is 17.6 Å². The molecule has 0 spiro atoms. The number of aryl methyl sites for hydroxylation is 1. The third kappa shape index (κ3) is 4.13. The van der Waals surface area contributed by atoms with Crippen LogP contribution in [-0.4, -0.2) is 17.0 Å². The minimum Gasteiger partial charge on any atom is -0.478 e. The second kappa shape index (κ2) is 6.61. The predicted octanol–water partition coefficient (Wildman–Crippen LogP) is 2.68. The maximum atomic E-state index is 10.8. The monoisotopic (exact) mass is 223 g/mol. The number of carbonyl (C=O) groups is 2. The number of hydrogen-bond acceptors (Lipinski definition) is 2. The van der Waals surface area contributed by atoms with E-state index < -0.39 is 5.97 Å². The molecule has 0 aliphatic heterocycles. The predicted molar refractivity (Wildman–Crippen MR) is 63.8 cm³/mol. The van der Waals surface area contributed by atoms with E-state index >= 15 is 0 Å². The molecule has 0 unspecified atom stereocenters. The maximum Gasteiger partial charge on any atom is 0.335 e. The van der Waals surface area contributed by atoms with E-state index in [1.54, 1.807) is 13.0 Å². The molecule has 0 radical (unpaired) electrons. The van der Waals surface area contributed by atoms with Crippen molar-refractivity contribution in [1.29, 1.82) is 0 Å². The number of carboxylic acid groups (broad SMARTS) is 1. The number of anilines is 1. The van der Waals surface area contributed by atoms with E-state index in [9.17, 15) is 9.59 Å². The van der Waals surface area contributed by atoms with Gasteiger partial charge in [0.1, 0.15) is 0 Å². The van der Waals surface area contributed by atoms with E-state index in [0.717, 1.165) is 5.56 Å². The molecule has 16 heavy (non-hydrogen) atoms. The van der Waals surface area contributed by atoms with Crippen LogP contribution >= 0.6 is 0 Å². The molecular formula is C12H17NO3. The lowest BCUT2D eigenvalue weighted by atomic mass is 10.1. The lowest BCUT2D eigenvalue weighted by molar-refractivity contribution is -0.114. The first kappa shape index (κ1) is 14.2. The molecule has 0 bridgehead atoms. The average molecular weight is 223 g/mol. The zero-order chi connectivity index (χ0) is 12.7. The summed E-state index contributed by atoms with van der Waals surface area (Å²) < 4.78 is 0. The Kier molecular flexibility index (Phi) is 5.85. The lowest BCUT2D eigenvalue weighted by Crippen LogP contribution is -2.08. The quantitative estimate of drug-likeness (QED) is 0.810. The molecule has 0 aliphatic rings. The molecule has 0 aliphatic carbocycles. The number of aromatic carboxylic acids is 1. The first-order valence-corrected chi connectivity index (χ1v) is 5.12. The molecule has 0 saturated heterocycles. The second-order valence-corrected chi connectivity index (χ2v) is 3.02. The van der Waals surface area contributed by atoms with Gasteiger partial charge in [-0.2, -0.15) is 0 Å². The summed E-state index contributed by atoms with van der Waals surface area (Å²) >= 11 is 0. The Bertz CT molecular complexity index is 386. The molecule has 1 amide bonds. The van der Waals surface area contributed by atoms with Crippen LogP contribution in [0, 0.1) is 6.92 Å². The summed E-state index contributed by atoms with van der Waals surface area (Å²) in [5.41, 5.74) is 1.54. The molecule has 1 rings (SSSR count). The van der Waals surface area contributed by atoms with Crippen LogP contribution in [0.25, 0.3) is 0 Å². The van der Waals surface area contributed by atoms with E-state index in [1.807, 2.05) is 13.8 Å². The van der Waals surface area contributed by atoms with E-state index in [4.69, 9.17) is 5.11 Å². The minimum atomic E-state index is -1.00. The van der Waals surface area contributed by atoms with Gasteiger partial charge < -0.3 is 10.4 Å². The van der Waals surface area contributed by atoms with E-state index in [1.165, 1.54) is 19.1 Å². The van der Waals surface area contributed by atoms with Crippen LogP contribution in [0.1, 0.15) is 36.7 Å². The SMILES string of the molecule is CC.CC(=O)Nc1cc(C(=O)O)ccc1C. The van der Waals surface area contributed by atoms with Crippen molar-refractivity contribution in [2.45, 2.75) is 27.7 Å². The van der Waals surface area contributed by atoms with Crippen LogP contribution in [0.5, 0.6) is 0 Å². The van der Waals surface area contributed by atoms with Crippen molar-refractivity contribution in [2.24, 2.45) is 0 Å². The average Bonchev–Trinajstić information content (AvgIpc) is 2.23. The van der Waals surface area contributed by atoms with Crippen molar-refractivity contribution in [3.63, 3.8) is 0 Å². The molecule has 4 nitrogen and oxygen atoms in total. The van der Waals surface area contributed by atoms with Gasteiger partial charge in [-0.05, 0) is 24.6 Å². The van der Waals surface area contributed by atoms with Gasteiger partial charge in [0, 0.05) is 12.6 Å². The van der Waals surface area contributed by atoms with Gasteiger partial charge in [-0.3, -0.25) is 4.79 Å². The van der Waals surface area contributed by atoms with Gasteiger partial charge in [-0.25, -0.2) is 4.79 Å². The van der Waals surface area contributed by atoms with Gasteiger partial charge in [0.15, 0.2) is 0 Å². The van der Waals surface area contributed by atoms with Crippen molar-refractivity contribution in [3.8, 4) is 0 Å². The van der Waals surface area contributed by atoms with Gasteiger partial charge in [-0.15, -0.1) is 0 Å². The van der Waals surface area contributed by atoms with E-state index in [2.05, 4.69) is 5.32 Å². The molecule has 0 aromatic heterocycles. The Morgan fingerprint density at radius 1 is 1.25 bits per heavy atom.